The van der Waals surface area contributed by atoms with Gasteiger partial charge in [0.15, 0.2) is 0 Å². The number of nitrogens with one attached hydrogen (secondary N) is 2. The number of hydrogen-bond acceptors (Lipinski definition) is 2. The molecule has 17 heavy (non-hydrogen) atoms. The Hall–Kier alpha value is -1.61. The van der Waals surface area contributed by atoms with Gasteiger partial charge < -0.3 is 10.7 Å². The van der Waals surface area contributed by atoms with Crippen molar-refractivity contribution in [2.45, 2.75) is 6.54 Å². The first-order valence-electron chi connectivity index (χ1n) is 5.37. The molecule has 0 aliphatic heterocycles. The van der Waals surface area contributed by atoms with Gasteiger partial charge in [0.05, 0.1) is 0 Å². The standard InChI is InChI=1S/C14H13BrN2/c15-13-6-7-14(12(8-13)9-16)17-10-11-4-2-1-3-5-11/h1-9,16-17H,10H2. The van der Waals surface area contributed by atoms with Crippen LogP contribution in [0.15, 0.2) is 53.0 Å². The van der Waals surface area contributed by atoms with Crippen LogP contribution < -0.4 is 5.32 Å². The van der Waals surface area contributed by atoms with E-state index in [1.807, 2.05) is 36.4 Å². The Balaban J connectivity index is 2.11. The highest BCUT2D eigenvalue weighted by Crippen LogP contribution is 2.20. The lowest BCUT2D eigenvalue weighted by Gasteiger charge is -2.09. The van der Waals surface area contributed by atoms with Gasteiger partial charge in [-0.3, -0.25) is 0 Å². The topological polar surface area (TPSA) is 35.9 Å². The third kappa shape index (κ3) is 3.17. The first kappa shape index (κ1) is 11.9. The van der Waals surface area contributed by atoms with E-state index in [0.29, 0.717) is 0 Å². The van der Waals surface area contributed by atoms with E-state index < -0.39 is 0 Å². The van der Waals surface area contributed by atoms with Crippen LogP contribution in [0, 0.1) is 5.41 Å². The van der Waals surface area contributed by atoms with E-state index >= 15 is 0 Å². The molecule has 2 nitrogen and oxygen atoms in total. The molecular formula is C14H13BrN2. The van der Waals surface area contributed by atoms with Gasteiger partial charge in [-0.2, -0.15) is 0 Å². The molecule has 0 aromatic heterocycles. The monoisotopic (exact) mass is 288 g/mol. The van der Waals surface area contributed by atoms with E-state index in [9.17, 15) is 0 Å². The summed E-state index contributed by atoms with van der Waals surface area (Å²) < 4.78 is 0.987. The minimum Gasteiger partial charge on any atom is -0.380 e. The van der Waals surface area contributed by atoms with Gasteiger partial charge in [0.1, 0.15) is 0 Å². The van der Waals surface area contributed by atoms with Crippen molar-refractivity contribution in [3.05, 3.63) is 64.1 Å². The zero-order valence-corrected chi connectivity index (χ0v) is 10.9. The molecule has 86 valence electrons. The summed E-state index contributed by atoms with van der Waals surface area (Å²) in [5.74, 6) is 0. The van der Waals surface area contributed by atoms with E-state index in [1.54, 1.807) is 0 Å². The van der Waals surface area contributed by atoms with Gasteiger partial charge in [0, 0.05) is 28.5 Å². The molecule has 0 amide bonds. The van der Waals surface area contributed by atoms with Crippen molar-refractivity contribution in [3.8, 4) is 0 Å². The molecule has 0 bridgehead atoms. The Labute approximate surface area is 109 Å². The first-order chi connectivity index (χ1) is 8.29. The van der Waals surface area contributed by atoms with Gasteiger partial charge in [0.25, 0.3) is 0 Å². The maximum Gasteiger partial charge on any atom is 0.0432 e. The molecule has 0 atom stereocenters. The van der Waals surface area contributed by atoms with Gasteiger partial charge in [-0.05, 0) is 23.8 Å². The zero-order valence-electron chi connectivity index (χ0n) is 9.28. The van der Waals surface area contributed by atoms with Crippen molar-refractivity contribution in [1.82, 2.24) is 0 Å². The van der Waals surface area contributed by atoms with Gasteiger partial charge >= 0.3 is 0 Å². The second-order valence-corrected chi connectivity index (χ2v) is 4.63. The first-order valence-corrected chi connectivity index (χ1v) is 6.17. The van der Waals surface area contributed by atoms with Crippen LogP contribution in [0.2, 0.25) is 0 Å². The molecule has 3 heteroatoms. The van der Waals surface area contributed by atoms with Crippen molar-refractivity contribution in [2.75, 3.05) is 5.32 Å². The second kappa shape index (κ2) is 5.64. The number of rotatable bonds is 4. The van der Waals surface area contributed by atoms with Crippen LogP contribution >= 0.6 is 15.9 Å². The van der Waals surface area contributed by atoms with E-state index in [1.165, 1.54) is 11.8 Å². The number of halogens is 1. The average Bonchev–Trinajstić information content (AvgIpc) is 2.38. The van der Waals surface area contributed by atoms with Crippen LogP contribution in [0.4, 0.5) is 5.69 Å². The zero-order chi connectivity index (χ0) is 12.1. The molecule has 0 aliphatic carbocycles. The Morgan fingerprint density at radius 2 is 1.88 bits per heavy atom. The van der Waals surface area contributed by atoms with Crippen LogP contribution in [0.3, 0.4) is 0 Å². The number of hydrogen-bond donors (Lipinski definition) is 2. The van der Waals surface area contributed by atoms with E-state index in [4.69, 9.17) is 5.41 Å². The number of benzene rings is 2. The van der Waals surface area contributed by atoms with Crippen molar-refractivity contribution in [3.63, 3.8) is 0 Å². The maximum absolute atomic E-state index is 7.38. The summed E-state index contributed by atoms with van der Waals surface area (Å²) >= 11 is 3.40. The predicted molar refractivity (Wildman–Crippen MR) is 75.8 cm³/mol. The molecule has 0 aliphatic rings. The fourth-order valence-corrected chi connectivity index (χ4v) is 1.99. The lowest BCUT2D eigenvalue weighted by Crippen LogP contribution is -2.01. The van der Waals surface area contributed by atoms with Crippen molar-refractivity contribution in [1.29, 1.82) is 5.41 Å². The lowest BCUT2D eigenvalue weighted by molar-refractivity contribution is 1.15. The lowest BCUT2D eigenvalue weighted by atomic mass is 10.1. The highest BCUT2D eigenvalue weighted by Gasteiger charge is 2.00. The summed E-state index contributed by atoms with van der Waals surface area (Å²) in [7, 11) is 0. The molecule has 0 spiro atoms. The van der Waals surface area contributed by atoms with Gasteiger partial charge in [0.2, 0.25) is 0 Å². The number of anilines is 1. The fourth-order valence-electron chi connectivity index (χ4n) is 1.61. The molecule has 0 saturated heterocycles. The predicted octanol–water partition coefficient (Wildman–Crippen LogP) is 4.06. The summed E-state index contributed by atoms with van der Waals surface area (Å²) in [4.78, 5) is 0. The molecule has 2 aromatic carbocycles. The molecule has 2 N–H and O–H groups in total. The van der Waals surface area contributed by atoms with Crippen LogP contribution in [-0.2, 0) is 6.54 Å². The minimum absolute atomic E-state index is 0.767. The molecule has 0 saturated carbocycles. The smallest absolute Gasteiger partial charge is 0.0432 e. The molecule has 0 fully saturated rings. The highest BCUT2D eigenvalue weighted by atomic mass is 79.9. The highest BCUT2D eigenvalue weighted by molar-refractivity contribution is 9.10. The Morgan fingerprint density at radius 3 is 2.59 bits per heavy atom. The molecule has 0 unspecified atom stereocenters. The van der Waals surface area contributed by atoms with Crippen LogP contribution in [0.25, 0.3) is 0 Å². The summed E-state index contributed by atoms with van der Waals surface area (Å²) in [6.07, 6.45) is 1.36. The summed E-state index contributed by atoms with van der Waals surface area (Å²) in [6, 6.07) is 16.1. The molecule has 0 heterocycles. The SMILES string of the molecule is N=Cc1cc(Br)ccc1NCc1ccccc1. The maximum atomic E-state index is 7.38. The van der Waals surface area contributed by atoms with Crippen LogP contribution in [-0.4, -0.2) is 6.21 Å². The molecular weight excluding hydrogens is 276 g/mol. The minimum atomic E-state index is 0.767. The second-order valence-electron chi connectivity index (χ2n) is 3.72. The molecule has 2 aromatic rings. The summed E-state index contributed by atoms with van der Waals surface area (Å²) in [5.41, 5.74) is 3.09. The van der Waals surface area contributed by atoms with Crippen molar-refractivity contribution >= 4 is 27.8 Å². The molecule has 2 rings (SSSR count). The van der Waals surface area contributed by atoms with E-state index in [-0.39, 0.29) is 0 Å². The Kier molecular flexibility index (Phi) is 3.94. The third-order valence-electron chi connectivity index (χ3n) is 2.49. The fraction of sp³-hybridized carbons (Fsp3) is 0.0714. The van der Waals surface area contributed by atoms with Crippen LogP contribution in [0.5, 0.6) is 0 Å². The van der Waals surface area contributed by atoms with E-state index in [2.05, 4.69) is 33.4 Å². The van der Waals surface area contributed by atoms with Crippen molar-refractivity contribution in [2.24, 2.45) is 0 Å². The summed E-state index contributed by atoms with van der Waals surface area (Å²) in [5, 5.41) is 10.7. The van der Waals surface area contributed by atoms with Crippen molar-refractivity contribution < 1.29 is 0 Å². The van der Waals surface area contributed by atoms with Gasteiger partial charge in [-0.15, -0.1) is 0 Å². The Morgan fingerprint density at radius 1 is 1.12 bits per heavy atom. The van der Waals surface area contributed by atoms with E-state index in [0.717, 1.165) is 22.3 Å². The normalized spacial score (nSPS) is 9.94. The van der Waals surface area contributed by atoms with Gasteiger partial charge in [-0.25, -0.2) is 0 Å². The van der Waals surface area contributed by atoms with Gasteiger partial charge in [-0.1, -0.05) is 46.3 Å². The quantitative estimate of drug-likeness (QED) is 0.818. The third-order valence-corrected chi connectivity index (χ3v) is 2.99. The Bertz CT molecular complexity index is 509. The summed E-state index contributed by atoms with van der Waals surface area (Å²) in [6.45, 7) is 0.767. The van der Waals surface area contributed by atoms with Crippen LogP contribution in [0.1, 0.15) is 11.1 Å². The largest absolute Gasteiger partial charge is 0.380 e. The molecule has 0 radical (unpaired) electrons. The average molecular weight is 289 g/mol.